The minimum atomic E-state index is -0.496. The summed E-state index contributed by atoms with van der Waals surface area (Å²) in [5, 5.41) is 19.6. The van der Waals surface area contributed by atoms with E-state index in [-0.39, 0.29) is 19.2 Å². The number of fused-ring (bicyclic) bond motifs is 1. The summed E-state index contributed by atoms with van der Waals surface area (Å²) in [4.78, 5) is 13.0. The zero-order chi connectivity index (χ0) is 16.6. The Kier molecular flexibility index (Phi) is 4.31. The predicted octanol–water partition coefficient (Wildman–Crippen LogP) is 1.37. The molecule has 0 radical (unpaired) electrons. The van der Waals surface area contributed by atoms with Gasteiger partial charge in [-0.05, 0) is 17.9 Å². The number of anilines is 1. The minimum absolute atomic E-state index is 0.0609. The monoisotopic (exact) mass is 335 g/mol. The van der Waals surface area contributed by atoms with Crippen molar-refractivity contribution in [2.24, 2.45) is 11.3 Å². The van der Waals surface area contributed by atoms with Gasteiger partial charge < -0.3 is 15.9 Å². The second kappa shape index (κ2) is 6.10. The van der Waals surface area contributed by atoms with Crippen molar-refractivity contribution in [2.75, 3.05) is 24.7 Å². The van der Waals surface area contributed by atoms with Gasteiger partial charge >= 0.3 is 0 Å². The molecule has 8 heteroatoms. The Balaban J connectivity index is 1.96. The standard InChI is InChI=1S/C15H21N5O2S/c1-9(2)5-23-13-11-12(18-14(16)19-13)20(8-17-11)4-10-3-15(10,6-21)7-22/h4,8-9,21-22H,3,5-7H2,1-2H3,(H2,16,18,19)/b10-4-. The molecule has 0 unspecified atom stereocenters. The molecule has 0 saturated heterocycles. The van der Waals surface area contributed by atoms with Crippen LogP contribution in [0.4, 0.5) is 5.95 Å². The summed E-state index contributed by atoms with van der Waals surface area (Å²) in [6.07, 6.45) is 4.21. The normalized spacial score (nSPS) is 18.2. The molecule has 2 aromatic rings. The topological polar surface area (TPSA) is 110 Å². The highest BCUT2D eigenvalue weighted by molar-refractivity contribution is 7.99. The third-order valence-corrected chi connectivity index (χ3v) is 5.34. The molecular formula is C15H21N5O2S. The van der Waals surface area contributed by atoms with Crippen LogP contribution < -0.4 is 5.73 Å². The Morgan fingerprint density at radius 3 is 2.74 bits per heavy atom. The molecule has 1 aliphatic rings. The van der Waals surface area contributed by atoms with E-state index >= 15 is 0 Å². The summed E-state index contributed by atoms with van der Waals surface area (Å²) < 4.78 is 1.79. The number of imidazole rings is 1. The minimum Gasteiger partial charge on any atom is -0.395 e. The third kappa shape index (κ3) is 3.06. The first-order valence-electron chi connectivity index (χ1n) is 7.55. The van der Waals surface area contributed by atoms with Crippen LogP contribution in [0, 0.1) is 11.3 Å². The van der Waals surface area contributed by atoms with Crippen molar-refractivity contribution in [3.8, 4) is 0 Å². The van der Waals surface area contributed by atoms with E-state index in [2.05, 4.69) is 28.8 Å². The van der Waals surface area contributed by atoms with E-state index in [1.54, 1.807) is 22.7 Å². The lowest BCUT2D eigenvalue weighted by molar-refractivity contribution is 0.143. The smallest absolute Gasteiger partial charge is 0.223 e. The van der Waals surface area contributed by atoms with Crippen LogP contribution in [0.5, 0.6) is 0 Å². The number of aliphatic hydroxyl groups excluding tert-OH is 2. The molecule has 3 rings (SSSR count). The van der Waals surface area contributed by atoms with Gasteiger partial charge in [0.1, 0.15) is 16.9 Å². The summed E-state index contributed by atoms with van der Waals surface area (Å²) in [6, 6.07) is 0. The summed E-state index contributed by atoms with van der Waals surface area (Å²) in [5.74, 6) is 1.68. The van der Waals surface area contributed by atoms with Crippen molar-refractivity contribution < 1.29 is 10.2 Å². The largest absolute Gasteiger partial charge is 0.395 e. The van der Waals surface area contributed by atoms with Crippen LogP contribution in [-0.2, 0) is 0 Å². The van der Waals surface area contributed by atoms with Gasteiger partial charge in [0.05, 0.1) is 13.2 Å². The zero-order valence-electron chi connectivity index (χ0n) is 13.2. The highest BCUT2D eigenvalue weighted by Gasteiger charge is 2.48. The average Bonchev–Trinajstić information content (AvgIpc) is 3.09. The molecule has 124 valence electrons. The van der Waals surface area contributed by atoms with Crippen LogP contribution in [-0.4, -0.2) is 48.7 Å². The van der Waals surface area contributed by atoms with Gasteiger partial charge in [0.2, 0.25) is 5.95 Å². The zero-order valence-corrected chi connectivity index (χ0v) is 14.0. The van der Waals surface area contributed by atoms with Crippen molar-refractivity contribution in [1.29, 1.82) is 0 Å². The Morgan fingerprint density at radius 1 is 1.39 bits per heavy atom. The molecular weight excluding hydrogens is 314 g/mol. The maximum Gasteiger partial charge on any atom is 0.223 e. The SMILES string of the molecule is CC(C)CSc1nc(N)nc2c1ncn2/C=C1/CC1(CO)CO. The second-order valence-corrected chi connectivity index (χ2v) is 7.35. The predicted molar refractivity (Wildman–Crippen MR) is 90.8 cm³/mol. The van der Waals surface area contributed by atoms with Crippen LogP contribution in [0.15, 0.2) is 16.9 Å². The van der Waals surface area contributed by atoms with Crippen molar-refractivity contribution in [2.45, 2.75) is 25.3 Å². The summed E-state index contributed by atoms with van der Waals surface area (Å²) in [5.41, 5.74) is 7.69. The van der Waals surface area contributed by atoms with Crippen LogP contribution in [0.3, 0.4) is 0 Å². The molecule has 1 fully saturated rings. The Bertz CT molecular complexity index is 752. The molecule has 0 aliphatic heterocycles. The number of hydrogen-bond acceptors (Lipinski definition) is 7. The molecule has 2 aromatic heterocycles. The molecule has 2 heterocycles. The van der Waals surface area contributed by atoms with Gasteiger partial charge in [-0.25, -0.2) is 9.97 Å². The molecule has 4 N–H and O–H groups in total. The van der Waals surface area contributed by atoms with E-state index in [9.17, 15) is 10.2 Å². The lowest BCUT2D eigenvalue weighted by atomic mass is 10.1. The second-order valence-electron chi connectivity index (χ2n) is 6.34. The van der Waals surface area contributed by atoms with E-state index in [1.165, 1.54) is 0 Å². The fourth-order valence-corrected chi connectivity index (χ4v) is 3.31. The molecule has 7 nitrogen and oxygen atoms in total. The lowest BCUT2D eigenvalue weighted by Crippen LogP contribution is -2.12. The van der Waals surface area contributed by atoms with Crippen LogP contribution >= 0.6 is 11.8 Å². The number of nitrogens with two attached hydrogens (primary N) is 1. The highest BCUT2D eigenvalue weighted by atomic mass is 32.2. The lowest BCUT2D eigenvalue weighted by Gasteiger charge is -2.06. The van der Waals surface area contributed by atoms with E-state index in [0.29, 0.717) is 18.0 Å². The van der Waals surface area contributed by atoms with Gasteiger partial charge in [-0.1, -0.05) is 13.8 Å². The molecule has 0 aromatic carbocycles. The van der Waals surface area contributed by atoms with Gasteiger partial charge in [0.15, 0.2) is 5.65 Å². The van der Waals surface area contributed by atoms with Gasteiger partial charge in [-0.15, -0.1) is 11.8 Å². The maximum atomic E-state index is 9.40. The molecule has 0 amide bonds. The first-order chi connectivity index (χ1) is 11.0. The number of rotatable bonds is 6. The van der Waals surface area contributed by atoms with Crippen LogP contribution in [0.25, 0.3) is 17.4 Å². The molecule has 1 saturated carbocycles. The van der Waals surface area contributed by atoms with Crippen molar-refractivity contribution in [1.82, 2.24) is 19.5 Å². The van der Waals surface area contributed by atoms with Crippen molar-refractivity contribution >= 4 is 35.1 Å². The number of nitrogen functional groups attached to an aromatic ring is 1. The summed E-state index contributed by atoms with van der Waals surface area (Å²) >= 11 is 1.62. The van der Waals surface area contributed by atoms with Gasteiger partial charge in [-0.2, -0.15) is 4.98 Å². The van der Waals surface area contributed by atoms with Gasteiger partial charge in [0, 0.05) is 17.4 Å². The Hall–Kier alpha value is -1.64. The fraction of sp³-hybridized carbons (Fsp3) is 0.533. The number of aromatic nitrogens is 4. The maximum absolute atomic E-state index is 9.40. The fourth-order valence-electron chi connectivity index (χ4n) is 2.38. The van der Waals surface area contributed by atoms with Gasteiger partial charge in [0.25, 0.3) is 0 Å². The van der Waals surface area contributed by atoms with Crippen LogP contribution in [0.1, 0.15) is 20.3 Å². The summed E-state index contributed by atoms with van der Waals surface area (Å²) in [6.45, 7) is 4.17. The van der Waals surface area contributed by atoms with Gasteiger partial charge in [-0.3, -0.25) is 4.57 Å². The third-order valence-electron chi connectivity index (χ3n) is 3.95. The summed E-state index contributed by atoms with van der Waals surface area (Å²) in [7, 11) is 0. The Labute approximate surface area is 138 Å². The molecule has 0 spiro atoms. The van der Waals surface area contributed by atoms with E-state index < -0.39 is 5.41 Å². The van der Waals surface area contributed by atoms with Crippen molar-refractivity contribution in [3.63, 3.8) is 0 Å². The Morgan fingerprint density at radius 2 is 2.13 bits per heavy atom. The van der Waals surface area contributed by atoms with Crippen molar-refractivity contribution in [3.05, 3.63) is 11.9 Å². The molecule has 0 bridgehead atoms. The first-order valence-corrected chi connectivity index (χ1v) is 8.53. The molecule has 23 heavy (non-hydrogen) atoms. The number of nitrogens with zero attached hydrogens (tertiary/aromatic N) is 4. The number of thioether (sulfide) groups is 1. The quantitative estimate of drug-likeness (QED) is 0.540. The average molecular weight is 335 g/mol. The van der Waals surface area contributed by atoms with Crippen LogP contribution in [0.2, 0.25) is 0 Å². The van der Waals surface area contributed by atoms with E-state index in [0.717, 1.165) is 21.9 Å². The van der Waals surface area contributed by atoms with E-state index in [4.69, 9.17) is 5.73 Å². The number of hydrogen-bond donors (Lipinski definition) is 3. The molecule has 1 aliphatic carbocycles. The highest BCUT2D eigenvalue weighted by Crippen LogP contribution is 2.51. The number of aliphatic hydroxyl groups is 2. The van der Waals surface area contributed by atoms with E-state index in [1.807, 2.05) is 6.20 Å². The first kappa shape index (κ1) is 16.2. The molecule has 0 atom stereocenters.